The van der Waals surface area contributed by atoms with Gasteiger partial charge in [-0.2, -0.15) is 0 Å². The first-order chi connectivity index (χ1) is 8.43. The summed E-state index contributed by atoms with van der Waals surface area (Å²) in [4.78, 5) is 24.7. The van der Waals surface area contributed by atoms with Crippen LogP contribution in [0.3, 0.4) is 0 Å². The number of rotatable bonds is 8. The summed E-state index contributed by atoms with van der Waals surface area (Å²) in [5, 5.41) is 11.9. The maximum Gasteiger partial charge on any atom is 0.329 e. The summed E-state index contributed by atoms with van der Waals surface area (Å²) >= 11 is 0. The summed E-state index contributed by atoms with van der Waals surface area (Å²) in [7, 11) is 1.70. The average Bonchev–Trinajstić information content (AvgIpc) is 2.35. The number of urea groups is 1. The Morgan fingerprint density at radius 3 is 2.11 bits per heavy atom. The van der Waals surface area contributed by atoms with Crippen LogP contribution in [0.15, 0.2) is 0 Å². The van der Waals surface area contributed by atoms with E-state index in [2.05, 4.69) is 12.2 Å². The lowest BCUT2D eigenvalue weighted by Crippen LogP contribution is -2.56. The number of carbonyl (C=O) groups is 2. The van der Waals surface area contributed by atoms with Gasteiger partial charge in [-0.05, 0) is 19.3 Å². The number of carboxylic acids is 1. The molecule has 0 aromatic rings. The van der Waals surface area contributed by atoms with Crippen molar-refractivity contribution < 1.29 is 14.7 Å². The fraction of sp³-hybridized carbons (Fsp3) is 0.846. The van der Waals surface area contributed by atoms with Crippen molar-refractivity contribution in [2.24, 2.45) is 0 Å². The first-order valence-corrected chi connectivity index (χ1v) is 6.70. The van der Waals surface area contributed by atoms with Gasteiger partial charge in [0, 0.05) is 13.6 Å². The fourth-order valence-corrected chi connectivity index (χ4v) is 1.78. The van der Waals surface area contributed by atoms with E-state index in [0.29, 0.717) is 19.4 Å². The average molecular weight is 258 g/mol. The fourth-order valence-electron chi connectivity index (χ4n) is 1.78. The lowest BCUT2D eigenvalue weighted by Gasteiger charge is -2.30. The van der Waals surface area contributed by atoms with E-state index in [1.165, 1.54) is 0 Å². The van der Waals surface area contributed by atoms with Crippen LogP contribution in [0.25, 0.3) is 0 Å². The molecule has 0 radical (unpaired) electrons. The Balaban J connectivity index is 4.46. The van der Waals surface area contributed by atoms with Crippen molar-refractivity contribution >= 4 is 12.0 Å². The summed E-state index contributed by atoms with van der Waals surface area (Å²) in [5.41, 5.74) is -1.14. The number of nitrogens with zero attached hydrogens (tertiary/aromatic N) is 1. The van der Waals surface area contributed by atoms with Crippen LogP contribution in [0.2, 0.25) is 0 Å². The molecule has 5 nitrogen and oxygen atoms in total. The van der Waals surface area contributed by atoms with Crippen molar-refractivity contribution in [2.75, 3.05) is 13.6 Å². The highest BCUT2D eigenvalue weighted by atomic mass is 16.4. The molecule has 2 amide bonds. The standard InChI is InChI=1S/C13H26N2O3/c1-5-8-9-10-15(4)12(18)14-13(6-2,7-3)11(16)17/h5-10H2,1-4H3,(H,14,18)(H,16,17). The van der Waals surface area contributed by atoms with Gasteiger partial charge in [-0.25, -0.2) is 9.59 Å². The molecule has 0 aromatic heterocycles. The quantitative estimate of drug-likeness (QED) is 0.657. The summed E-state index contributed by atoms with van der Waals surface area (Å²) < 4.78 is 0. The lowest BCUT2D eigenvalue weighted by molar-refractivity contribution is -0.144. The van der Waals surface area contributed by atoms with Crippen LogP contribution in [0.5, 0.6) is 0 Å². The SMILES string of the molecule is CCCCCN(C)C(=O)NC(CC)(CC)C(=O)O. The van der Waals surface area contributed by atoms with Gasteiger partial charge in [-0.3, -0.25) is 0 Å². The molecule has 0 fully saturated rings. The van der Waals surface area contributed by atoms with E-state index < -0.39 is 11.5 Å². The number of hydrogen-bond donors (Lipinski definition) is 2. The van der Waals surface area contributed by atoms with E-state index in [4.69, 9.17) is 0 Å². The Labute approximate surface area is 110 Å². The molecular formula is C13H26N2O3. The topological polar surface area (TPSA) is 69.6 Å². The predicted octanol–water partition coefficient (Wildman–Crippen LogP) is 2.46. The Bertz CT molecular complexity index is 275. The highest BCUT2D eigenvalue weighted by Gasteiger charge is 2.37. The summed E-state index contributed by atoms with van der Waals surface area (Å²) in [6.07, 6.45) is 3.88. The molecule has 0 saturated carbocycles. The maximum absolute atomic E-state index is 11.9. The van der Waals surface area contributed by atoms with Crippen LogP contribution in [-0.4, -0.2) is 41.1 Å². The smallest absolute Gasteiger partial charge is 0.329 e. The van der Waals surface area contributed by atoms with E-state index >= 15 is 0 Å². The first-order valence-electron chi connectivity index (χ1n) is 6.70. The normalized spacial score (nSPS) is 11.1. The Kier molecular flexibility index (Phi) is 7.39. The van der Waals surface area contributed by atoms with Crippen molar-refractivity contribution in [3.63, 3.8) is 0 Å². The molecule has 2 N–H and O–H groups in total. The number of hydrogen-bond acceptors (Lipinski definition) is 2. The molecule has 0 aliphatic carbocycles. The zero-order chi connectivity index (χ0) is 14.2. The highest BCUT2D eigenvalue weighted by Crippen LogP contribution is 2.15. The van der Waals surface area contributed by atoms with Gasteiger partial charge in [0.05, 0.1) is 0 Å². The molecule has 0 spiro atoms. The third-order valence-electron chi connectivity index (χ3n) is 3.41. The maximum atomic E-state index is 11.9. The van der Waals surface area contributed by atoms with E-state index in [-0.39, 0.29) is 6.03 Å². The van der Waals surface area contributed by atoms with Crippen LogP contribution >= 0.6 is 0 Å². The van der Waals surface area contributed by atoms with Gasteiger partial charge in [-0.1, -0.05) is 33.6 Å². The lowest BCUT2D eigenvalue weighted by atomic mass is 9.93. The molecule has 0 aromatic carbocycles. The molecule has 0 rings (SSSR count). The number of nitrogens with one attached hydrogen (secondary N) is 1. The number of carbonyl (C=O) groups excluding carboxylic acids is 1. The highest BCUT2D eigenvalue weighted by molar-refractivity contribution is 5.86. The minimum atomic E-state index is -1.14. The Morgan fingerprint density at radius 1 is 1.17 bits per heavy atom. The van der Waals surface area contributed by atoms with Crippen LogP contribution in [0.4, 0.5) is 4.79 Å². The zero-order valence-corrected chi connectivity index (χ0v) is 12.0. The molecule has 0 heterocycles. The van der Waals surface area contributed by atoms with Crippen molar-refractivity contribution in [2.45, 2.75) is 58.4 Å². The van der Waals surface area contributed by atoms with E-state index in [1.807, 2.05) is 0 Å². The molecule has 18 heavy (non-hydrogen) atoms. The van der Waals surface area contributed by atoms with Crippen LogP contribution < -0.4 is 5.32 Å². The second-order valence-corrected chi connectivity index (χ2v) is 4.65. The molecular weight excluding hydrogens is 232 g/mol. The summed E-state index contributed by atoms with van der Waals surface area (Å²) in [5.74, 6) is -0.970. The number of aliphatic carboxylic acids is 1. The van der Waals surface area contributed by atoms with Gasteiger partial charge in [0.1, 0.15) is 5.54 Å². The Morgan fingerprint density at radius 2 is 1.72 bits per heavy atom. The van der Waals surface area contributed by atoms with Crippen LogP contribution in [0.1, 0.15) is 52.9 Å². The summed E-state index contributed by atoms with van der Waals surface area (Å²) in [6.45, 7) is 6.30. The van der Waals surface area contributed by atoms with Crippen molar-refractivity contribution in [3.05, 3.63) is 0 Å². The van der Waals surface area contributed by atoms with Gasteiger partial charge in [-0.15, -0.1) is 0 Å². The zero-order valence-electron chi connectivity index (χ0n) is 12.0. The Hall–Kier alpha value is -1.26. The minimum Gasteiger partial charge on any atom is -0.480 e. The van der Waals surface area contributed by atoms with Gasteiger partial charge < -0.3 is 15.3 Å². The van der Waals surface area contributed by atoms with Crippen molar-refractivity contribution in [1.82, 2.24) is 10.2 Å². The largest absolute Gasteiger partial charge is 0.480 e. The summed E-state index contributed by atoms with van der Waals surface area (Å²) in [6, 6.07) is -0.308. The number of carboxylic acid groups (broad SMARTS) is 1. The van der Waals surface area contributed by atoms with Gasteiger partial charge in [0.2, 0.25) is 0 Å². The molecule has 0 aliphatic heterocycles. The first kappa shape index (κ1) is 16.7. The van der Waals surface area contributed by atoms with Gasteiger partial charge in [0.15, 0.2) is 0 Å². The van der Waals surface area contributed by atoms with Crippen molar-refractivity contribution in [3.8, 4) is 0 Å². The molecule has 0 atom stereocenters. The molecule has 0 aliphatic rings. The van der Waals surface area contributed by atoms with E-state index in [9.17, 15) is 14.7 Å². The van der Waals surface area contributed by atoms with E-state index in [0.717, 1.165) is 19.3 Å². The molecule has 106 valence electrons. The predicted molar refractivity (Wildman–Crippen MR) is 71.6 cm³/mol. The minimum absolute atomic E-state index is 0.308. The van der Waals surface area contributed by atoms with Gasteiger partial charge in [0.25, 0.3) is 0 Å². The van der Waals surface area contributed by atoms with E-state index in [1.54, 1.807) is 25.8 Å². The monoisotopic (exact) mass is 258 g/mol. The van der Waals surface area contributed by atoms with Crippen LogP contribution in [-0.2, 0) is 4.79 Å². The second-order valence-electron chi connectivity index (χ2n) is 4.65. The van der Waals surface area contributed by atoms with Gasteiger partial charge >= 0.3 is 12.0 Å². The molecule has 0 bridgehead atoms. The molecule has 0 saturated heterocycles. The molecule has 0 unspecified atom stereocenters. The third kappa shape index (κ3) is 4.55. The number of unbranched alkanes of at least 4 members (excludes halogenated alkanes) is 2. The van der Waals surface area contributed by atoms with Crippen LogP contribution in [0, 0.1) is 0 Å². The third-order valence-corrected chi connectivity index (χ3v) is 3.41. The second kappa shape index (κ2) is 7.95. The van der Waals surface area contributed by atoms with Crippen molar-refractivity contribution in [1.29, 1.82) is 0 Å². The number of amides is 2. The molecule has 5 heteroatoms.